The van der Waals surface area contributed by atoms with Crippen molar-refractivity contribution in [3.05, 3.63) is 34.2 Å². The van der Waals surface area contributed by atoms with E-state index in [1.54, 1.807) is 0 Å². The molecule has 0 aliphatic heterocycles. The van der Waals surface area contributed by atoms with E-state index >= 15 is 0 Å². The molecule has 104 valence electrons. The molecule has 0 spiro atoms. The standard InChI is InChI=1S/C13H18N2O4/c1-3-4-9(2)14-12(17)8-15-6-5-11(16)10(7-15)13(18)19/h5-7,9H,3-4,8H2,1-2H3,(H,14,17)(H,18,19). The third-order valence-corrected chi connectivity index (χ3v) is 2.66. The molecule has 0 saturated heterocycles. The minimum Gasteiger partial charge on any atom is -0.477 e. The van der Waals surface area contributed by atoms with E-state index in [4.69, 9.17) is 5.11 Å². The fraction of sp³-hybridized carbons (Fsp3) is 0.462. The molecule has 1 aromatic rings. The maximum atomic E-state index is 11.7. The van der Waals surface area contributed by atoms with Gasteiger partial charge in [-0.1, -0.05) is 13.3 Å². The maximum absolute atomic E-state index is 11.7. The van der Waals surface area contributed by atoms with Gasteiger partial charge in [-0.2, -0.15) is 0 Å². The van der Waals surface area contributed by atoms with Crippen molar-refractivity contribution in [2.75, 3.05) is 0 Å². The van der Waals surface area contributed by atoms with Gasteiger partial charge in [0.05, 0.1) is 0 Å². The average Bonchev–Trinajstić information content (AvgIpc) is 2.31. The Bertz CT molecular complexity index is 522. The summed E-state index contributed by atoms with van der Waals surface area (Å²) in [5, 5.41) is 11.6. The van der Waals surface area contributed by atoms with Crippen molar-refractivity contribution in [3.63, 3.8) is 0 Å². The van der Waals surface area contributed by atoms with Gasteiger partial charge in [0, 0.05) is 24.5 Å². The molecule has 19 heavy (non-hydrogen) atoms. The van der Waals surface area contributed by atoms with Gasteiger partial charge in [-0.15, -0.1) is 0 Å². The van der Waals surface area contributed by atoms with Crippen LogP contribution in [-0.2, 0) is 11.3 Å². The monoisotopic (exact) mass is 266 g/mol. The van der Waals surface area contributed by atoms with Crippen LogP contribution in [0.15, 0.2) is 23.3 Å². The molecule has 6 heteroatoms. The number of nitrogens with zero attached hydrogens (tertiary/aromatic N) is 1. The molecule has 0 fully saturated rings. The summed E-state index contributed by atoms with van der Waals surface area (Å²) < 4.78 is 1.39. The summed E-state index contributed by atoms with van der Waals surface area (Å²) in [6, 6.07) is 1.22. The molecule has 1 atom stereocenters. The number of amides is 1. The first-order chi connectivity index (χ1) is 8.93. The predicted octanol–water partition coefficient (Wildman–Crippen LogP) is 0.851. The highest BCUT2D eigenvalue weighted by Crippen LogP contribution is 1.97. The van der Waals surface area contributed by atoms with Gasteiger partial charge in [0.25, 0.3) is 0 Å². The summed E-state index contributed by atoms with van der Waals surface area (Å²) in [5.74, 6) is -1.50. The van der Waals surface area contributed by atoms with Gasteiger partial charge in [0.15, 0.2) is 5.43 Å². The van der Waals surface area contributed by atoms with Crippen molar-refractivity contribution in [1.29, 1.82) is 0 Å². The lowest BCUT2D eigenvalue weighted by Crippen LogP contribution is -2.35. The second-order valence-electron chi connectivity index (χ2n) is 4.46. The smallest absolute Gasteiger partial charge is 0.341 e. The number of hydrogen-bond acceptors (Lipinski definition) is 3. The van der Waals surface area contributed by atoms with Crippen LogP contribution in [-0.4, -0.2) is 27.6 Å². The van der Waals surface area contributed by atoms with Crippen molar-refractivity contribution >= 4 is 11.9 Å². The molecule has 0 bridgehead atoms. The minimum absolute atomic E-state index is 0.00534. The SMILES string of the molecule is CCCC(C)NC(=O)Cn1ccc(=O)c(C(=O)O)c1. The molecule has 1 unspecified atom stereocenters. The second-order valence-corrected chi connectivity index (χ2v) is 4.46. The highest BCUT2D eigenvalue weighted by Gasteiger charge is 2.11. The first-order valence-corrected chi connectivity index (χ1v) is 6.16. The Morgan fingerprint density at radius 1 is 1.47 bits per heavy atom. The van der Waals surface area contributed by atoms with Gasteiger partial charge >= 0.3 is 5.97 Å². The number of rotatable bonds is 6. The summed E-state index contributed by atoms with van der Waals surface area (Å²) in [6.07, 6.45) is 4.44. The Morgan fingerprint density at radius 3 is 2.74 bits per heavy atom. The zero-order valence-electron chi connectivity index (χ0n) is 11.0. The van der Waals surface area contributed by atoms with Crippen LogP contribution in [0.2, 0.25) is 0 Å². The molecular weight excluding hydrogens is 248 g/mol. The third kappa shape index (κ3) is 4.57. The zero-order chi connectivity index (χ0) is 14.4. The van der Waals surface area contributed by atoms with Crippen molar-refractivity contribution in [2.24, 2.45) is 0 Å². The van der Waals surface area contributed by atoms with Crippen LogP contribution in [0.1, 0.15) is 37.0 Å². The highest BCUT2D eigenvalue weighted by molar-refractivity contribution is 5.87. The van der Waals surface area contributed by atoms with Crippen LogP contribution in [0.25, 0.3) is 0 Å². The van der Waals surface area contributed by atoms with Crippen LogP contribution in [0.4, 0.5) is 0 Å². The van der Waals surface area contributed by atoms with Crippen molar-refractivity contribution < 1.29 is 14.7 Å². The first-order valence-electron chi connectivity index (χ1n) is 6.16. The number of carboxylic acids is 1. The van der Waals surface area contributed by atoms with E-state index in [1.807, 2.05) is 13.8 Å². The molecule has 0 aliphatic rings. The molecule has 0 aliphatic carbocycles. The summed E-state index contributed by atoms with van der Waals surface area (Å²) in [6.45, 7) is 3.94. The first kappa shape index (κ1) is 14.9. The number of aromatic carboxylic acids is 1. The lowest BCUT2D eigenvalue weighted by Gasteiger charge is -2.13. The topological polar surface area (TPSA) is 88.4 Å². The number of carboxylic acid groups (broad SMARTS) is 1. The lowest BCUT2D eigenvalue weighted by atomic mass is 10.2. The normalized spacial score (nSPS) is 11.9. The molecule has 0 saturated carbocycles. The molecule has 2 N–H and O–H groups in total. The number of carbonyl (C=O) groups is 2. The van der Waals surface area contributed by atoms with E-state index in [9.17, 15) is 14.4 Å². The third-order valence-electron chi connectivity index (χ3n) is 2.66. The van der Waals surface area contributed by atoms with Crippen LogP contribution in [0.3, 0.4) is 0 Å². The average molecular weight is 266 g/mol. The van der Waals surface area contributed by atoms with Gasteiger partial charge < -0.3 is 15.0 Å². The molecule has 0 radical (unpaired) electrons. The molecule has 6 nitrogen and oxygen atoms in total. The summed E-state index contributed by atoms with van der Waals surface area (Å²) in [4.78, 5) is 33.8. The molecule has 1 amide bonds. The summed E-state index contributed by atoms with van der Waals surface area (Å²) in [7, 11) is 0. The van der Waals surface area contributed by atoms with E-state index in [2.05, 4.69) is 5.32 Å². The van der Waals surface area contributed by atoms with Crippen molar-refractivity contribution in [2.45, 2.75) is 39.3 Å². The summed E-state index contributed by atoms with van der Waals surface area (Å²) in [5.41, 5.74) is -0.902. The Labute approximate surface area is 111 Å². The quantitative estimate of drug-likeness (QED) is 0.799. The molecular formula is C13H18N2O4. The number of pyridine rings is 1. The van der Waals surface area contributed by atoms with Crippen LogP contribution in [0.5, 0.6) is 0 Å². The predicted molar refractivity (Wildman–Crippen MR) is 70.2 cm³/mol. The van der Waals surface area contributed by atoms with Crippen molar-refractivity contribution in [3.8, 4) is 0 Å². The number of aromatic nitrogens is 1. The number of nitrogens with one attached hydrogen (secondary N) is 1. The van der Waals surface area contributed by atoms with E-state index < -0.39 is 11.4 Å². The molecule has 0 aromatic carbocycles. The van der Waals surface area contributed by atoms with Gasteiger partial charge in [-0.25, -0.2) is 4.79 Å². The minimum atomic E-state index is -1.29. The summed E-state index contributed by atoms with van der Waals surface area (Å²) >= 11 is 0. The Balaban J connectivity index is 2.72. The molecule has 1 aromatic heterocycles. The van der Waals surface area contributed by atoms with E-state index in [0.29, 0.717) is 0 Å². The molecule has 1 heterocycles. The largest absolute Gasteiger partial charge is 0.477 e. The Kier molecular flexibility index (Phi) is 5.29. The van der Waals surface area contributed by atoms with Gasteiger partial charge in [-0.05, 0) is 13.3 Å². The molecule has 1 rings (SSSR count). The van der Waals surface area contributed by atoms with Gasteiger partial charge in [0.1, 0.15) is 12.1 Å². The maximum Gasteiger partial charge on any atom is 0.341 e. The van der Waals surface area contributed by atoms with Crippen LogP contribution < -0.4 is 10.7 Å². The zero-order valence-corrected chi connectivity index (χ0v) is 11.0. The second kappa shape index (κ2) is 6.72. The van der Waals surface area contributed by atoms with Crippen LogP contribution in [0, 0.1) is 0 Å². The lowest BCUT2D eigenvalue weighted by molar-refractivity contribution is -0.122. The fourth-order valence-corrected chi connectivity index (χ4v) is 1.78. The van der Waals surface area contributed by atoms with Crippen LogP contribution >= 0.6 is 0 Å². The van der Waals surface area contributed by atoms with E-state index in [1.165, 1.54) is 17.0 Å². The van der Waals surface area contributed by atoms with E-state index in [-0.39, 0.29) is 24.1 Å². The number of carbonyl (C=O) groups excluding carboxylic acids is 1. The fourth-order valence-electron chi connectivity index (χ4n) is 1.78. The van der Waals surface area contributed by atoms with Crippen molar-refractivity contribution in [1.82, 2.24) is 9.88 Å². The Morgan fingerprint density at radius 2 is 2.16 bits per heavy atom. The van der Waals surface area contributed by atoms with Gasteiger partial charge in [-0.3, -0.25) is 9.59 Å². The highest BCUT2D eigenvalue weighted by atomic mass is 16.4. The Hall–Kier alpha value is -2.11. The number of hydrogen-bond donors (Lipinski definition) is 2. The van der Waals surface area contributed by atoms with Gasteiger partial charge in [0.2, 0.25) is 5.91 Å². The van der Waals surface area contributed by atoms with E-state index in [0.717, 1.165) is 18.9 Å².